The van der Waals surface area contributed by atoms with E-state index < -0.39 is 24.5 Å². The molecule has 0 saturated heterocycles. The first kappa shape index (κ1) is 30.5. The van der Waals surface area contributed by atoms with Crippen molar-refractivity contribution < 1.29 is 32.6 Å². The molecule has 0 radical (unpaired) electrons. The number of alkyl halides is 2. The smallest absolute Gasteiger partial charge is 0.343 e. The topological polar surface area (TPSA) is 61.8 Å². The second kappa shape index (κ2) is 16.2. The molecule has 3 aromatic carbocycles. The highest BCUT2D eigenvalue weighted by molar-refractivity contribution is 5.92. The van der Waals surface area contributed by atoms with Crippen molar-refractivity contribution in [2.75, 3.05) is 6.61 Å². The maximum absolute atomic E-state index is 13.4. The Bertz CT molecular complexity index is 1210. The van der Waals surface area contributed by atoms with Crippen LogP contribution >= 0.6 is 0 Å². The zero-order valence-corrected chi connectivity index (χ0v) is 22.8. The molecular formula is C33H36F2O5. The predicted molar refractivity (Wildman–Crippen MR) is 152 cm³/mol. The minimum atomic E-state index is -2.75. The van der Waals surface area contributed by atoms with Gasteiger partial charge in [-0.1, -0.05) is 75.9 Å². The van der Waals surface area contributed by atoms with Crippen molar-refractivity contribution in [1.82, 2.24) is 0 Å². The van der Waals surface area contributed by atoms with Gasteiger partial charge in [0, 0.05) is 0 Å². The van der Waals surface area contributed by atoms with Crippen LogP contribution in [0.5, 0.6) is 11.5 Å². The average molecular weight is 551 g/mol. The van der Waals surface area contributed by atoms with E-state index in [0.29, 0.717) is 18.6 Å². The molecule has 0 amide bonds. The normalized spacial score (nSPS) is 11.6. The number of carbonyl (C=O) groups is 2. The number of unbranched alkanes of at least 4 members (excludes halogenated alkanes) is 5. The Labute approximate surface area is 234 Å². The molecule has 0 N–H and O–H groups in total. The molecule has 3 rings (SSSR count). The Morgan fingerprint density at radius 3 is 1.88 bits per heavy atom. The van der Waals surface area contributed by atoms with Crippen molar-refractivity contribution in [3.63, 3.8) is 0 Å². The van der Waals surface area contributed by atoms with Gasteiger partial charge >= 0.3 is 11.9 Å². The average Bonchev–Trinajstić information content (AvgIpc) is 2.97. The van der Waals surface area contributed by atoms with Crippen LogP contribution in [0.25, 0.3) is 11.1 Å². The first-order valence-electron chi connectivity index (χ1n) is 13.7. The summed E-state index contributed by atoms with van der Waals surface area (Å²) in [7, 11) is 0. The summed E-state index contributed by atoms with van der Waals surface area (Å²) >= 11 is 0. The van der Waals surface area contributed by atoms with Gasteiger partial charge in [-0.25, -0.2) is 18.4 Å². The van der Waals surface area contributed by atoms with E-state index in [4.69, 9.17) is 14.2 Å². The Morgan fingerprint density at radius 1 is 0.750 bits per heavy atom. The van der Waals surface area contributed by atoms with E-state index >= 15 is 0 Å². The zero-order chi connectivity index (χ0) is 28.7. The molecule has 0 aliphatic carbocycles. The van der Waals surface area contributed by atoms with Crippen LogP contribution < -0.4 is 9.47 Å². The third-order valence-corrected chi connectivity index (χ3v) is 6.36. The largest absolute Gasteiger partial charge is 0.490 e. The maximum Gasteiger partial charge on any atom is 0.343 e. The van der Waals surface area contributed by atoms with Gasteiger partial charge in [-0.05, 0) is 72.5 Å². The summed E-state index contributed by atoms with van der Waals surface area (Å²) in [5.74, 6) is -0.430. The molecule has 0 aliphatic heterocycles. The minimum absolute atomic E-state index is 0.110. The molecule has 212 valence electrons. The molecule has 3 aromatic rings. The second-order valence-electron chi connectivity index (χ2n) is 9.45. The monoisotopic (exact) mass is 550 g/mol. The van der Waals surface area contributed by atoms with Gasteiger partial charge in [0.25, 0.3) is 6.43 Å². The summed E-state index contributed by atoms with van der Waals surface area (Å²) in [6.07, 6.45) is 3.35. The third-order valence-electron chi connectivity index (χ3n) is 6.36. The van der Waals surface area contributed by atoms with Gasteiger partial charge in [0.05, 0.1) is 11.1 Å². The summed E-state index contributed by atoms with van der Waals surface area (Å²) in [6, 6.07) is 20.2. The SMILES string of the molecule is C=CCOc1ccc(-c2ccc(C(=O)Oc3ccc(C(=O)OC(CCCCCCCC)C(F)F)cc3)cc2)cc1. The highest BCUT2D eigenvalue weighted by Gasteiger charge is 2.25. The van der Waals surface area contributed by atoms with Crippen LogP contribution in [-0.4, -0.2) is 31.1 Å². The Balaban J connectivity index is 1.51. The summed E-state index contributed by atoms with van der Waals surface area (Å²) in [5, 5.41) is 0. The van der Waals surface area contributed by atoms with E-state index in [1.54, 1.807) is 18.2 Å². The van der Waals surface area contributed by atoms with Gasteiger partial charge in [-0.3, -0.25) is 0 Å². The molecule has 1 atom stereocenters. The number of rotatable bonds is 16. The van der Waals surface area contributed by atoms with Crippen LogP contribution in [0.15, 0.2) is 85.5 Å². The Kier molecular flexibility index (Phi) is 12.4. The molecule has 0 saturated carbocycles. The van der Waals surface area contributed by atoms with E-state index in [2.05, 4.69) is 13.5 Å². The summed E-state index contributed by atoms with van der Waals surface area (Å²) < 4.78 is 42.8. The van der Waals surface area contributed by atoms with Gasteiger partial charge in [0.1, 0.15) is 18.1 Å². The molecule has 0 aliphatic rings. The Hall–Kier alpha value is -4.00. The fraction of sp³-hybridized carbons (Fsp3) is 0.333. The molecule has 40 heavy (non-hydrogen) atoms. The molecule has 1 unspecified atom stereocenters. The number of ether oxygens (including phenoxy) is 3. The van der Waals surface area contributed by atoms with Crippen LogP contribution in [0, 0.1) is 0 Å². The van der Waals surface area contributed by atoms with Crippen molar-refractivity contribution in [3.05, 3.63) is 96.6 Å². The van der Waals surface area contributed by atoms with Crippen LogP contribution in [0.2, 0.25) is 0 Å². The molecule has 5 nitrogen and oxygen atoms in total. The number of carbonyl (C=O) groups excluding carboxylic acids is 2. The van der Waals surface area contributed by atoms with Crippen LogP contribution in [0.1, 0.15) is 72.6 Å². The molecule has 0 fully saturated rings. The summed E-state index contributed by atoms with van der Waals surface area (Å²) in [4.78, 5) is 25.0. The lowest BCUT2D eigenvalue weighted by molar-refractivity contribution is -0.0374. The highest BCUT2D eigenvalue weighted by Crippen LogP contribution is 2.24. The number of halogens is 2. The molecule has 7 heteroatoms. The predicted octanol–water partition coefficient (Wildman–Crippen LogP) is 8.68. The lowest BCUT2D eigenvalue weighted by Gasteiger charge is -2.17. The summed E-state index contributed by atoms with van der Waals surface area (Å²) in [6.45, 7) is 6.18. The van der Waals surface area contributed by atoms with Crippen LogP contribution in [-0.2, 0) is 4.74 Å². The van der Waals surface area contributed by atoms with E-state index in [-0.39, 0.29) is 17.7 Å². The quantitative estimate of drug-likeness (QED) is 0.0773. The standard InChI is InChI=1S/C33H36F2O5/c1-3-5-6-7-8-9-10-30(31(34)35)40-33(37)27-17-21-29(22-18-27)39-32(36)26-13-11-24(12-14-26)25-15-19-28(20-16-25)38-23-4-2/h4,11-22,30-31H,2-3,5-10,23H2,1H3. The third kappa shape index (κ3) is 9.63. The number of esters is 2. The maximum atomic E-state index is 13.4. The van der Waals surface area contributed by atoms with E-state index in [0.717, 1.165) is 49.0 Å². The minimum Gasteiger partial charge on any atom is -0.490 e. The Morgan fingerprint density at radius 2 is 1.27 bits per heavy atom. The molecule has 0 aromatic heterocycles. The zero-order valence-electron chi connectivity index (χ0n) is 22.8. The highest BCUT2D eigenvalue weighted by atomic mass is 19.3. The number of hydrogen-bond donors (Lipinski definition) is 0. The fourth-order valence-electron chi connectivity index (χ4n) is 4.09. The number of benzene rings is 3. The van der Waals surface area contributed by atoms with Gasteiger partial charge < -0.3 is 14.2 Å². The van der Waals surface area contributed by atoms with E-state index in [9.17, 15) is 18.4 Å². The number of hydrogen-bond acceptors (Lipinski definition) is 5. The molecule has 0 bridgehead atoms. The fourth-order valence-corrected chi connectivity index (χ4v) is 4.09. The van der Waals surface area contributed by atoms with Crippen molar-refractivity contribution in [3.8, 4) is 22.6 Å². The first-order chi connectivity index (χ1) is 19.4. The van der Waals surface area contributed by atoms with E-state index in [1.807, 2.05) is 36.4 Å². The lowest BCUT2D eigenvalue weighted by Crippen LogP contribution is -2.25. The molecule has 0 spiro atoms. The van der Waals surface area contributed by atoms with Crippen molar-refractivity contribution in [2.45, 2.75) is 64.4 Å². The van der Waals surface area contributed by atoms with Crippen molar-refractivity contribution in [1.29, 1.82) is 0 Å². The first-order valence-corrected chi connectivity index (χ1v) is 13.7. The van der Waals surface area contributed by atoms with Crippen molar-refractivity contribution >= 4 is 11.9 Å². The molecule has 0 heterocycles. The van der Waals surface area contributed by atoms with E-state index in [1.165, 1.54) is 24.3 Å². The second-order valence-corrected chi connectivity index (χ2v) is 9.45. The van der Waals surface area contributed by atoms with Crippen molar-refractivity contribution in [2.24, 2.45) is 0 Å². The van der Waals surface area contributed by atoms with Gasteiger partial charge in [0.15, 0.2) is 6.10 Å². The molecular weight excluding hydrogens is 514 g/mol. The summed E-state index contributed by atoms with van der Waals surface area (Å²) in [5.41, 5.74) is 2.36. The van der Waals surface area contributed by atoms with Crippen LogP contribution in [0.3, 0.4) is 0 Å². The van der Waals surface area contributed by atoms with Gasteiger partial charge in [-0.15, -0.1) is 0 Å². The van der Waals surface area contributed by atoms with Gasteiger partial charge in [0.2, 0.25) is 0 Å². The lowest BCUT2D eigenvalue weighted by atomic mass is 10.0. The van der Waals surface area contributed by atoms with Gasteiger partial charge in [-0.2, -0.15) is 0 Å². The van der Waals surface area contributed by atoms with Crippen LogP contribution in [0.4, 0.5) is 8.78 Å².